The molecular formula is C14H14Cl3N3. The lowest BCUT2D eigenvalue weighted by atomic mass is 10.1. The predicted octanol–water partition coefficient (Wildman–Crippen LogP) is 4.65. The Morgan fingerprint density at radius 1 is 1.15 bits per heavy atom. The molecule has 6 heteroatoms. The van der Waals surface area contributed by atoms with Crippen molar-refractivity contribution in [3.8, 4) is 0 Å². The Bertz CT molecular complexity index is 602. The third kappa shape index (κ3) is 3.98. The van der Waals surface area contributed by atoms with Gasteiger partial charge in [0.25, 0.3) is 0 Å². The molecule has 0 bridgehead atoms. The lowest BCUT2D eigenvalue weighted by Gasteiger charge is -2.09. The monoisotopic (exact) mass is 329 g/mol. The van der Waals surface area contributed by atoms with Crippen LogP contribution in [0, 0.1) is 0 Å². The largest absolute Gasteiger partial charge is 0.368 e. The fraction of sp³-hybridized carbons (Fsp3) is 0.286. The number of anilines is 1. The van der Waals surface area contributed by atoms with E-state index in [1.54, 1.807) is 12.3 Å². The number of aryl methyl sites for hydroxylation is 1. The van der Waals surface area contributed by atoms with E-state index in [9.17, 15) is 0 Å². The van der Waals surface area contributed by atoms with E-state index in [1.807, 2.05) is 19.1 Å². The summed E-state index contributed by atoms with van der Waals surface area (Å²) in [6, 6.07) is 5.49. The summed E-state index contributed by atoms with van der Waals surface area (Å²) >= 11 is 18.0. The molecule has 1 N–H and O–H groups in total. The van der Waals surface area contributed by atoms with Crippen LogP contribution in [0.5, 0.6) is 0 Å². The van der Waals surface area contributed by atoms with Crippen LogP contribution >= 0.6 is 34.8 Å². The molecule has 20 heavy (non-hydrogen) atoms. The normalized spacial score (nSPS) is 10.6. The van der Waals surface area contributed by atoms with Crippen molar-refractivity contribution in [1.29, 1.82) is 0 Å². The van der Waals surface area contributed by atoms with Gasteiger partial charge < -0.3 is 5.32 Å². The first-order chi connectivity index (χ1) is 9.60. The van der Waals surface area contributed by atoms with Crippen molar-refractivity contribution in [2.24, 2.45) is 0 Å². The predicted molar refractivity (Wildman–Crippen MR) is 85.1 cm³/mol. The second-order valence-corrected chi connectivity index (χ2v) is 5.50. The molecule has 0 radical (unpaired) electrons. The second kappa shape index (κ2) is 7.11. The number of nitrogens with zero attached hydrogens (tertiary/aromatic N) is 2. The zero-order valence-electron chi connectivity index (χ0n) is 11.0. The van der Waals surface area contributed by atoms with Gasteiger partial charge in [0.05, 0.1) is 6.20 Å². The van der Waals surface area contributed by atoms with Crippen molar-refractivity contribution in [3.05, 3.63) is 50.9 Å². The van der Waals surface area contributed by atoms with Crippen LogP contribution in [0.3, 0.4) is 0 Å². The van der Waals surface area contributed by atoms with E-state index >= 15 is 0 Å². The molecule has 0 aliphatic rings. The lowest BCUT2D eigenvalue weighted by molar-refractivity contribution is 0.925. The third-order valence-electron chi connectivity index (χ3n) is 2.81. The summed E-state index contributed by atoms with van der Waals surface area (Å²) in [7, 11) is 0. The highest BCUT2D eigenvalue weighted by molar-refractivity contribution is 6.35. The Morgan fingerprint density at radius 2 is 1.95 bits per heavy atom. The number of rotatable bonds is 5. The highest BCUT2D eigenvalue weighted by Crippen LogP contribution is 2.22. The highest BCUT2D eigenvalue weighted by atomic mass is 35.5. The smallest absolute Gasteiger partial charge is 0.148 e. The number of hydrogen-bond donors (Lipinski definition) is 1. The number of benzene rings is 1. The number of halogens is 3. The molecule has 2 aromatic rings. The van der Waals surface area contributed by atoms with Gasteiger partial charge in [0.1, 0.15) is 16.7 Å². The molecule has 0 amide bonds. The molecule has 0 spiro atoms. The molecule has 1 aromatic heterocycles. The SMILES string of the molecule is CCc1ncc(Cl)c(NCCc2ccc(Cl)cc2Cl)n1. The molecule has 0 aliphatic heterocycles. The molecule has 0 atom stereocenters. The van der Waals surface area contributed by atoms with E-state index in [0.29, 0.717) is 27.4 Å². The van der Waals surface area contributed by atoms with Crippen molar-refractivity contribution in [2.45, 2.75) is 19.8 Å². The highest BCUT2D eigenvalue weighted by Gasteiger charge is 2.05. The maximum absolute atomic E-state index is 6.13. The molecule has 1 heterocycles. The topological polar surface area (TPSA) is 37.8 Å². The minimum absolute atomic E-state index is 0.518. The molecule has 0 saturated carbocycles. The first-order valence-electron chi connectivity index (χ1n) is 6.29. The average molecular weight is 331 g/mol. The van der Waals surface area contributed by atoms with Crippen molar-refractivity contribution in [1.82, 2.24) is 9.97 Å². The van der Waals surface area contributed by atoms with Crippen LogP contribution in [-0.2, 0) is 12.8 Å². The Hall–Kier alpha value is -1.03. The Labute approximate surface area is 133 Å². The summed E-state index contributed by atoms with van der Waals surface area (Å²) in [6.07, 6.45) is 3.15. The minimum atomic E-state index is 0.518. The fourth-order valence-electron chi connectivity index (χ4n) is 1.74. The van der Waals surface area contributed by atoms with Gasteiger partial charge in [-0.2, -0.15) is 0 Å². The Morgan fingerprint density at radius 3 is 2.65 bits per heavy atom. The molecule has 0 saturated heterocycles. The van der Waals surface area contributed by atoms with Crippen LogP contribution in [0.1, 0.15) is 18.3 Å². The van der Waals surface area contributed by atoms with E-state index in [1.165, 1.54) is 0 Å². The van der Waals surface area contributed by atoms with Gasteiger partial charge in [0, 0.05) is 23.0 Å². The van der Waals surface area contributed by atoms with Gasteiger partial charge in [-0.3, -0.25) is 0 Å². The van der Waals surface area contributed by atoms with Crippen LogP contribution in [0.4, 0.5) is 5.82 Å². The first kappa shape index (κ1) is 15.4. The van der Waals surface area contributed by atoms with Gasteiger partial charge in [-0.25, -0.2) is 9.97 Å². The van der Waals surface area contributed by atoms with Gasteiger partial charge in [-0.05, 0) is 24.1 Å². The van der Waals surface area contributed by atoms with Crippen molar-refractivity contribution < 1.29 is 0 Å². The fourth-order valence-corrected chi connectivity index (χ4v) is 2.40. The minimum Gasteiger partial charge on any atom is -0.368 e. The third-order valence-corrected chi connectivity index (χ3v) is 3.68. The van der Waals surface area contributed by atoms with Crippen LogP contribution in [0.25, 0.3) is 0 Å². The van der Waals surface area contributed by atoms with E-state index in [2.05, 4.69) is 15.3 Å². The maximum Gasteiger partial charge on any atom is 0.148 e. The van der Waals surface area contributed by atoms with Crippen molar-refractivity contribution in [2.75, 3.05) is 11.9 Å². The molecule has 106 valence electrons. The number of aromatic nitrogens is 2. The molecule has 0 fully saturated rings. The second-order valence-electron chi connectivity index (χ2n) is 4.25. The zero-order valence-corrected chi connectivity index (χ0v) is 13.2. The average Bonchev–Trinajstić information content (AvgIpc) is 2.43. The van der Waals surface area contributed by atoms with Gasteiger partial charge in [0.15, 0.2) is 0 Å². The Kier molecular flexibility index (Phi) is 5.46. The summed E-state index contributed by atoms with van der Waals surface area (Å²) in [5.41, 5.74) is 1.03. The molecular weight excluding hydrogens is 317 g/mol. The number of hydrogen-bond acceptors (Lipinski definition) is 3. The van der Waals surface area contributed by atoms with E-state index in [-0.39, 0.29) is 0 Å². The van der Waals surface area contributed by atoms with Gasteiger partial charge in [-0.15, -0.1) is 0 Å². The molecule has 0 aliphatic carbocycles. The van der Waals surface area contributed by atoms with Gasteiger partial charge in [0.2, 0.25) is 0 Å². The zero-order chi connectivity index (χ0) is 14.5. The van der Waals surface area contributed by atoms with Crippen LogP contribution in [0.15, 0.2) is 24.4 Å². The summed E-state index contributed by atoms with van der Waals surface area (Å²) in [5.74, 6) is 1.42. The van der Waals surface area contributed by atoms with E-state index in [4.69, 9.17) is 34.8 Å². The molecule has 3 nitrogen and oxygen atoms in total. The maximum atomic E-state index is 6.13. The van der Waals surface area contributed by atoms with Crippen LogP contribution in [-0.4, -0.2) is 16.5 Å². The van der Waals surface area contributed by atoms with Gasteiger partial charge >= 0.3 is 0 Å². The van der Waals surface area contributed by atoms with Gasteiger partial charge in [-0.1, -0.05) is 47.8 Å². The van der Waals surface area contributed by atoms with Crippen molar-refractivity contribution >= 4 is 40.6 Å². The molecule has 2 rings (SSSR count). The lowest BCUT2D eigenvalue weighted by Crippen LogP contribution is -2.08. The summed E-state index contributed by atoms with van der Waals surface area (Å²) in [4.78, 5) is 8.48. The standard InChI is InChI=1S/C14H14Cl3N3/c1-2-13-19-8-12(17)14(20-13)18-6-5-9-3-4-10(15)7-11(9)16/h3-4,7-8H,2,5-6H2,1H3,(H,18,19,20). The first-order valence-corrected chi connectivity index (χ1v) is 7.42. The molecule has 1 aromatic carbocycles. The van der Waals surface area contributed by atoms with Crippen molar-refractivity contribution in [3.63, 3.8) is 0 Å². The summed E-state index contributed by atoms with van der Waals surface area (Å²) < 4.78 is 0. The molecule has 0 unspecified atom stereocenters. The van der Waals surface area contributed by atoms with E-state index < -0.39 is 0 Å². The van der Waals surface area contributed by atoms with Crippen LogP contribution < -0.4 is 5.32 Å². The summed E-state index contributed by atoms with van der Waals surface area (Å²) in [5, 5.41) is 5.03. The van der Waals surface area contributed by atoms with Crippen LogP contribution in [0.2, 0.25) is 15.1 Å². The summed E-state index contributed by atoms with van der Waals surface area (Å²) in [6.45, 7) is 2.68. The quantitative estimate of drug-likeness (QED) is 0.867. The van der Waals surface area contributed by atoms with E-state index in [0.717, 1.165) is 24.2 Å². The number of nitrogens with one attached hydrogen (secondary N) is 1. The Balaban J connectivity index is 1.99.